The molecule has 2 nitrogen and oxygen atoms in total. The van der Waals surface area contributed by atoms with E-state index in [1.54, 1.807) is 0 Å². The predicted molar refractivity (Wildman–Crippen MR) is 172 cm³/mol. The summed E-state index contributed by atoms with van der Waals surface area (Å²) < 4.78 is 2.32. The molecular weight excluding hydrogens is 487 g/mol. The van der Waals surface area contributed by atoms with Gasteiger partial charge in [0.1, 0.15) is 7.85 Å². The van der Waals surface area contributed by atoms with Gasteiger partial charge in [-0.15, -0.1) is 0 Å². The molecule has 0 unspecified atom stereocenters. The van der Waals surface area contributed by atoms with E-state index in [0.717, 1.165) is 0 Å². The molecule has 0 fully saturated rings. The molecule has 5 aromatic rings. The quantitative estimate of drug-likeness (QED) is 0.142. The summed E-state index contributed by atoms with van der Waals surface area (Å²) in [5.41, 5.74) is 5.46. The number of aromatic nitrogens is 2. The summed E-state index contributed by atoms with van der Waals surface area (Å²) in [4.78, 5) is 4.36. The highest BCUT2D eigenvalue weighted by Crippen LogP contribution is 2.34. The minimum atomic E-state index is -0.539. The van der Waals surface area contributed by atoms with E-state index in [1.807, 2.05) is 12.5 Å². The lowest BCUT2D eigenvalue weighted by Gasteiger charge is -2.36. The van der Waals surface area contributed by atoms with E-state index in [2.05, 4.69) is 164 Å². The van der Waals surface area contributed by atoms with Gasteiger partial charge in [0.05, 0.1) is 21.0 Å². The molecule has 0 radical (unpaired) electrons. The van der Waals surface area contributed by atoms with E-state index in [4.69, 9.17) is 0 Å². The van der Waals surface area contributed by atoms with Crippen LogP contribution in [0.2, 0.25) is 6.04 Å². The Hall–Kier alpha value is -3.89. The number of allylic oxidation sites excluding steroid dienone is 2. The lowest BCUT2D eigenvalue weighted by Crippen LogP contribution is -2.41. The molecule has 0 aliphatic rings. The molecular formula is C35H39BN2Si. The Morgan fingerprint density at radius 3 is 1.67 bits per heavy atom. The Kier molecular flexibility index (Phi) is 10.7. The molecule has 0 N–H and O–H groups in total. The van der Waals surface area contributed by atoms with Gasteiger partial charge in [0, 0.05) is 12.4 Å². The summed E-state index contributed by atoms with van der Waals surface area (Å²) in [5, 5.41) is -0.102. The third-order valence-electron chi connectivity index (χ3n) is 7.34. The average molecular weight is 527 g/mol. The summed E-state index contributed by atoms with van der Waals surface area (Å²) >= 11 is 0. The second-order valence-electron chi connectivity index (χ2n) is 9.90. The van der Waals surface area contributed by atoms with Crippen molar-refractivity contribution in [3.8, 4) is 0 Å². The monoisotopic (exact) mass is 526 g/mol. The number of rotatable bonds is 10. The topological polar surface area (TPSA) is 17.8 Å². The first-order valence-corrected chi connectivity index (χ1v) is 15.8. The Labute approximate surface area is 237 Å². The van der Waals surface area contributed by atoms with Crippen molar-refractivity contribution >= 4 is 17.4 Å². The van der Waals surface area contributed by atoms with Crippen molar-refractivity contribution in [2.45, 2.75) is 36.8 Å². The Balaban J connectivity index is 0.000000212. The van der Waals surface area contributed by atoms with E-state index in [1.165, 1.54) is 41.1 Å². The van der Waals surface area contributed by atoms with Crippen molar-refractivity contribution in [3.63, 3.8) is 0 Å². The molecule has 0 aliphatic carbocycles. The summed E-state index contributed by atoms with van der Waals surface area (Å²) in [6, 6.07) is 44.2. The second-order valence-corrected chi connectivity index (χ2v) is 12.0. The molecule has 39 heavy (non-hydrogen) atoms. The number of imidazole rings is 1. The molecule has 0 saturated heterocycles. The molecule has 0 aliphatic heterocycles. The van der Waals surface area contributed by atoms with Crippen molar-refractivity contribution in [3.05, 3.63) is 174 Å². The predicted octanol–water partition coefficient (Wildman–Crippen LogP) is 6.99. The molecule has 4 heteroatoms. The highest BCUT2D eigenvalue weighted by Gasteiger charge is 2.35. The number of hydrogen-bond acceptors (Lipinski definition) is 1. The first-order valence-electron chi connectivity index (χ1n) is 14.1. The Bertz CT molecular complexity index is 1280. The van der Waals surface area contributed by atoms with Crippen LogP contribution in [0.15, 0.2) is 152 Å². The minimum absolute atomic E-state index is 0.102. The maximum absolute atomic E-state index is 4.36. The van der Waals surface area contributed by atoms with Crippen LogP contribution in [-0.4, -0.2) is 26.9 Å². The highest BCUT2D eigenvalue weighted by atomic mass is 28.2. The molecule has 0 atom stereocenters. The molecule has 0 bridgehead atoms. The van der Waals surface area contributed by atoms with E-state index in [9.17, 15) is 0 Å². The van der Waals surface area contributed by atoms with Gasteiger partial charge in [0.15, 0.2) is 0 Å². The van der Waals surface area contributed by atoms with Gasteiger partial charge in [-0.2, -0.15) is 0 Å². The van der Waals surface area contributed by atoms with Gasteiger partial charge in [-0.1, -0.05) is 147 Å². The zero-order valence-corrected chi connectivity index (χ0v) is 24.6. The summed E-state index contributed by atoms with van der Waals surface area (Å²) in [5.74, 6) is 0.484. The summed E-state index contributed by atoms with van der Waals surface area (Å²) in [6.07, 6.45) is 13.1. The van der Waals surface area contributed by atoms with E-state index >= 15 is 0 Å². The van der Waals surface area contributed by atoms with Gasteiger partial charge in [0.2, 0.25) is 0 Å². The van der Waals surface area contributed by atoms with E-state index < -0.39 is 9.52 Å². The van der Waals surface area contributed by atoms with Crippen LogP contribution in [0.1, 0.15) is 47.8 Å². The van der Waals surface area contributed by atoms with Crippen LogP contribution in [0.4, 0.5) is 0 Å². The molecule has 0 amide bonds. The van der Waals surface area contributed by atoms with Crippen LogP contribution in [0.25, 0.3) is 0 Å². The molecule has 0 spiro atoms. The van der Waals surface area contributed by atoms with Crippen molar-refractivity contribution in [2.75, 3.05) is 0 Å². The molecule has 4 aromatic carbocycles. The van der Waals surface area contributed by atoms with Gasteiger partial charge < -0.3 is 4.57 Å². The molecule has 0 saturated carbocycles. The molecule has 1 heterocycles. The lowest BCUT2D eigenvalue weighted by molar-refractivity contribution is 0.592. The molecule has 196 valence electrons. The first kappa shape index (κ1) is 28.1. The fourth-order valence-corrected chi connectivity index (χ4v) is 7.48. The van der Waals surface area contributed by atoms with Gasteiger partial charge in [-0.3, -0.25) is 0 Å². The maximum Gasteiger partial charge on any atom is 0.116 e. The van der Waals surface area contributed by atoms with Crippen molar-refractivity contribution in [1.82, 2.24) is 9.55 Å². The van der Waals surface area contributed by atoms with Crippen LogP contribution in [0, 0.1) is 0 Å². The largest absolute Gasteiger partial charge is 0.327 e. The van der Waals surface area contributed by atoms with Crippen LogP contribution >= 0.6 is 0 Å². The number of unbranched alkanes of at least 4 members (excludes halogenated alkanes) is 1. The van der Waals surface area contributed by atoms with E-state index in [-0.39, 0.29) is 5.16 Å². The zero-order chi connectivity index (χ0) is 27.2. The van der Waals surface area contributed by atoms with Crippen molar-refractivity contribution in [1.29, 1.82) is 0 Å². The van der Waals surface area contributed by atoms with Crippen LogP contribution in [0.5, 0.6) is 0 Å². The Morgan fingerprint density at radius 1 is 0.744 bits per heavy atom. The number of hydrogen-bond donors (Lipinski definition) is 0. The smallest absolute Gasteiger partial charge is 0.116 e. The standard InChI is InChI=1S/C22H26N2Si.C13H13B/c1-2-3-4-11-18-25-22(24-17-16-23-19-24,20-12-7-5-8-13-20)21-14-9-6-10-15-21;14-13(11-7-3-1-4-8-11)12-9-5-2-6-10-12/h4-17,19H,2-3,18,25H2,1H3;1-10,13H,14H2. The minimum Gasteiger partial charge on any atom is -0.327 e. The number of nitrogens with zero attached hydrogens (tertiary/aromatic N) is 2. The third-order valence-corrected chi connectivity index (χ3v) is 9.87. The van der Waals surface area contributed by atoms with E-state index in [0.29, 0.717) is 5.82 Å². The SMILES string of the molecule is BC(c1ccccc1)c1ccccc1.CCCC=CC[SiH2]C(c1ccccc1)(c1ccccc1)n1ccnc1. The van der Waals surface area contributed by atoms with Crippen molar-refractivity contribution in [2.24, 2.45) is 0 Å². The van der Waals surface area contributed by atoms with Gasteiger partial charge in [0.25, 0.3) is 0 Å². The van der Waals surface area contributed by atoms with Crippen LogP contribution in [0.3, 0.4) is 0 Å². The van der Waals surface area contributed by atoms with Crippen molar-refractivity contribution < 1.29 is 0 Å². The fourth-order valence-electron chi connectivity index (χ4n) is 5.17. The highest BCUT2D eigenvalue weighted by molar-refractivity contribution is 6.42. The maximum atomic E-state index is 4.36. The summed E-state index contributed by atoms with van der Waals surface area (Å²) in [7, 11) is 1.70. The normalized spacial score (nSPS) is 11.6. The summed E-state index contributed by atoms with van der Waals surface area (Å²) in [6.45, 7) is 2.23. The van der Waals surface area contributed by atoms with Gasteiger partial charge >= 0.3 is 0 Å². The second kappa shape index (κ2) is 14.9. The van der Waals surface area contributed by atoms with Crippen LogP contribution < -0.4 is 0 Å². The lowest BCUT2D eigenvalue weighted by atomic mass is 9.76. The number of benzene rings is 4. The third kappa shape index (κ3) is 7.36. The molecule has 5 rings (SSSR count). The Morgan fingerprint density at radius 2 is 1.23 bits per heavy atom. The average Bonchev–Trinajstić information content (AvgIpc) is 3.56. The van der Waals surface area contributed by atoms with Gasteiger partial charge in [-0.05, 0) is 40.5 Å². The first-order chi connectivity index (χ1) is 19.3. The molecule has 1 aromatic heterocycles. The zero-order valence-electron chi connectivity index (χ0n) is 23.2. The fraction of sp³-hybridized carbons (Fsp3) is 0.171. The van der Waals surface area contributed by atoms with Crippen LogP contribution in [-0.2, 0) is 5.16 Å². The van der Waals surface area contributed by atoms with Gasteiger partial charge in [-0.25, -0.2) is 4.98 Å².